The third-order valence-electron chi connectivity index (χ3n) is 2.87. The van der Waals surface area contributed by atoms with Gasteiger partial charge in [0, 0.05) is 0 Å². The van der Waals surface area contributed by atoms with E-state index in [2.05, 4.69) is 31.2 Å². The Balaban J connectivity index is 2.65. The van der Waals surface area contributed by atoms with Gasteiger partial charge in [0.15, 0.2) is 0 Å². The first-order chi connectivity index (χ1) is 7.93. The Morgan fingerprint density at radius 1 is 1.18 bits per heavy atom. The molecule has 0 aliphatic heterocycles. The predicted molar refractivity (Wildman–Crippen MR) is 70.2 cm³/mol. The molecule has 2 nitrogen and oxygen atoms in total. The van der Waals surface area contributed by atoms with Gasteiger partial charge in [-0.2, -0.15) is 0 Å². The molecule has 1 aromatic carbocycles. The van der Waals surface area contributed by atoms with Crippen molar-refractivity contribution in [3.05, 3.63) is 35.4 Å². The summed E-state index contributed by atoms with van der Waals surface area (Å²) >= 11 is 0. The standard InChI is InChI=1S/C15H22O2/c1-4-5-12-6-8-13(9-7-12)10-15(2,3)11-14(16)17/h6-9H,4-5,10-11H2,1-3H3,(H,16,17). The van der Waals surface area contributed by atoms with E-state index < -0.39 is 5.97 Å². The van der Waals surface area contributed by atoms with Gasteiger partial charge in [0.2, 0.25) is 0 Å². The van der Waals surface area contributed by atoms with Crippen molar-refractivity contribution < 1.29 is 9.90 Å². The third-order valence-corrected chi connectivity index (χ3v) is 2.87. The molecule has 0 bridgehead atoms. The summed E-state index contributed by atoms with van der Waals surface area (Å²) in [5.74, 6) is -0.724. The average Bonchev–Trinajstić information content (AvgIpc) is 2.18. The van der Waals surface area contributed by atoms with Crippen LogP contribution in [-0.4, -0.2) is 11.1 Å². The maximum absolute atomic E-state index is 10.7. The van der Waals surface area contributed by atoms with Crippen LogP contribution >= 0.6 is 0 Å². The van der Waals surface area contributed by atoms with Crippen LogP contribution in [0.4, 0.5) is 0 Å². The second-order valence-corrected chi connectivity index (χ2v) is 5.48. The molecule has 0 saturated heterocycles. The maximum Gasteiger partial charge on any atom is 0.303 e. The molecule has 2 heteroatoms. The summed E-state index contributed by atoms with van der Waals surface area (Å²) in [6.07, 6.45) is 3.29. The van der Waals surface area contributed by atoms with Crippen LogP contribution in [0.3, 0.4) is 0 Å². The van der Waals surface area contributed by atoms with Gasteiger partial charge in [-0.05, 0) is 29.4 Å². The van der Waals surface area contributed by atoms with Gasteiger partial charge in [0.25, 0.3) is 0 Å². The fourth-order valence-electron chi connectivity index (χ4n) is 2.14. The zero-order valence-electron chi connectivity index (χ0n) is 11.0. The summed E-state index contributed by atoms with van der Waals surface area (Å²) in [7, 11) is 0. The van der Waals surface area contributed by atoms with Gasteiger partial charge in [-0.1, -0.05) is 51.5 Å². The Bertz CT molecular complexity index is 363. The third kappa shape index (κ3) is 5.03. The van der Waals surface area contributed by atoms with E-state index in [1.54, 1.807) is 0 Å². The number of carboxylic acids is 1. The lowest BCUT2D eigenvalue weighted by Crippen LogP contribution is -2.19. The number of hydrogen-bond donors (Lipinski definition) is 1. The van der Waals surface area contributed by atoms with Gasteiger partial charge < -0.3 is 5.11 Å². The summed E-state index contributed by atoms with van der Waals surface area (Å²) in [5, 5.41) is 8.84. The van der Waals surface area contributed by atoms with Gasteiger partial charge in [0.1, 0.15) is 0 Å². The topological polar surface area (TPSA) is 37.3 Å². The van der Waals surface area contributed by atoms with Crippen LogP contribution in [-0.2, 0) is 17.6 Å². The van der Waals surface area contributed by atoms with Crippen LogP contribution in [0.15, 0.2) is 24.3 Å². The van der Waals surface area contributed by atoms with Gasteiger partial charge >= 0.3 is 5.97 Å². The highest BCUT2D eigenvalue weighted by molar-refractivity contribution is 5.67. The molecule has 0 aliphatic carbocycles. The van der Waals surface area contributed by atoms with E-state index in [9.17, 15) is 4.79 Å². The minimum atomic E-state index is -0.724. The molecular formula is C15H22O2. The quantitative estimate of drug-likeness (QED) is 0.815. The Morgan fingerprint density at radius 2 is 1.71 bits per heavy atom. The van der Waals surface area contributed by atoms with E-state index in [-0.39, 0.29) is 11.8 Å². The molecule has 1 rings (SSSR count). The normalized spacial score (nSPS) is 11.5. The monoisotopic (exact) mass is 234 g/mol. The van der Waals surface area contributed by atoms with Crippen molar-refractivity contribution >= 4 is 5.97 Å². The lowest BCUT2D eigenvalue weighted by molar-refractivity contribution is -0.139. The first-order valence-electron chi connectivity index (χ1n) is 6.22. The van der Waals surface area contributed by atoms with Crippen molar-refractivity contribution in [1.29, 1.82) is 0 Å². The van der Waals surface area contributed by atoms with Crippen molar-refractivity contribution in [2.45, 2.75) is 46.5 Å². The van der Waals surface area contributed by atoms with E-state index in [1.807, 2.05) is 13.8 Å². The van der Waals surface area contributed by atoms with Crippen molar-refractivity contribution in [1.82, 2.24) is 0 Å². The van der Waals surface area contributed by atoms with Crippen molar-refractivity contribution in [2.75, 3.05) is 0 Å². The molecule has 0 spiro atoms. The molecule has 0 radical (unpaired) electrons. The number of hydrogen-bond acceptors (Lipinski definition) is 1. The molecule has 94 valence electrons. The molecule has 0 unspecified atom stereocenters. The number of aryl methyl sites for hydroxylation is 1. The number of aliphatic carboxylic acids is 1. The van der Waals surface area contributed by atoms with Crippen LogP contribution in [0.1, 0.15) is 44.7 Å². The number of carbonyl (C=O) groups is 1. The zero-order valence-corrected chi connectivity index (χ0v) is 11.0. The molecule has 0 amide bonds. The Morgan fingerprint density at radius 3 is 2.18 bits per heavy atom. The molecule has 0 aliphatic rings. The van der Waals surface area contributed by atoms with Gasteiger partial charge in [-0.3, -0.25) is 4.79 Å². The molecule has 0 fully saturated rings. The van der Waals surface area contributed by atoms with Crippen molar-refractivity contribution in [2.24, 2.45) is 5.41 Å². The summed E-state index contributed by atoms with van der Waals surface area (Å²) in [6, 6.07) is 8.54. The van der Waals surface area contributed by atoms with E-state index in [1.165, 1.54) is 11.1 Å². The highest BCUT2D eigenvalue weighted by atomic mass is 16.4. The predicted octanol–water partition coefficient (Wildman–Crippen LogP) is 3.68. The zero-order chi connectivity index (χ0) is 12.9. The second kappa shape index (κ2) is 5.85. The molecule has 0 saturated carbocycles. The number of carboxylic acid groups (broad SMARTS) is 1. The van der Waals surface area contributed by atoms with Crippen LogP contribution < -0.4 is 0 Å². The van der Waals surface area contributed by atoms with E-state index in [0.717, 1.165) is 19.3 Å². The first kappa shape index (κ1) is 13.8. The molecule has 0 aromatic heterocycles. The molecular weight excluding hydrogens is 212 g/mol. The summed E-state index contributed by atoms with van der Waals surface area (Å²) in [5.41, 5.74) is 2.39. The number of benzene rings is 1. The van der Waals surface area contributed by atoms with E-state index >= 15 is 0 Å². The van der Waals surface area contributed by atoms with Crippen molar-refractivity contribution in [3.8, 4) is 0 Å². The molecule has 1 aromatic rings. The van der Waals surface area contributed by atoms with Crippen LogP contribution in [0.5, 0.6) is 0 Å². The van der Waals surface area contributed by atoms with Crippen molar-refractivity contribution in [3.63, 3.8) is 0 Å². The van der Waals surface area contributed by atoms with Crippen LogP contribution in [0, 0.1) is 5.41 Å². The first-order valence-corrected chi connectivity index (χ1v) is 6.22. The van der Waals surface area contributed by atoms with Crippen LogP contribution in [0.2, 0.25) is 0 Å². The van der Waals surface area contributed by atoms with E-state index in [4.69, 9.17) is 5.11 Å². The van der Waals surface area contributed by atoms with Crippen LogP contribution in [0.25, 0.3) is 0 Å². The maximum atomic E-state index is 10.7. The smallest absolute Gasteiger partial charge is 0.303 e. The average molecular weight is 234 g/mol. The largest absolute Gasteiger partial charge is 0.481 e. The molecule has 0 heterocycles. The van der Waals surface area contributed by atoms with Gasteiger partial charge in [-0.15, -0.1) is 0 Å². The Hall–Kier alpha value is -1.31. The SMILES string of the molecule is CCCc1ccc(CC(C)(C)CC(=O)O)cc1. The fourth-order valence-corrected chi connectivity index (χ4v) is 2.14. The Labute approximate surface area is 104 Å². The summed E-state index contributed by atoms with van der Waals surface area (Å²) in [4.78, 5) is 10.7. The van der Waals surface area contributed by atoms with Gasteiger partial charge in [-0.25, -0.2) is 0 Å². The minimum absolute atomic E-state index is 0.182. The minimum Gasteiger partial charge on any atom is -0.481 e. The highest BCUT2D eigenvalue weighted by Gasteiger charge is 2.21. The lowest BCUT2D eigenvalue weighted by atomic mass is 9.82. The fraction of sp³-hybridized carbons (Fsp3) is 0.533. The van der Waals surface area contributed by atoms with Gasteiger partial charge in [0.05, 0.1) is 6.42 Å². The Kier molecular flexibility index (Phi) is 4.73. The van der Waals surface area contributed by atoms with E-state index in [0.29, 0.717) is 0 Å². The molecule has 1 N–H and O–H groups in total. The molecule has 0 atom stereocenters. The highest BCUT2D eigenvalue weighted by Crippen LogP contribution is 2.26. The molecule has 17 heavy (non-hydrogen) atoms. The number of rotatable bonds is 6. The summed E-state index contributed by atoms with van der Waals surface area (Å²) in [6.45, 7) is 6.17. The lowest BCUT2D eigenvalue weighted by Gasteiger charge is -2.22. The second-order valence-electron chi connectivity index (χ2n) is 5.48. The summed E-state index contributed by atoms with van der Waals surface area (Å²) < 4.78 is 0.